The van der Waals surface area contributed by atoms with Crippen molar-refractivity contribution in [3.05, 3.63) is 115 Å². The van der Waals surface area contributed by atoms with Crippen LogP contribution in [0.25, 0.3) is 56.0 Å². The van der Waals surface area contributed by atoms with E-state index in [0.717, 1.165) is 50.5 Å². The molecule has 1 N–H and O–H groups in total. The summed E-state index contributed by atoms with van der Waals surface area (Å²) in [6.45, 7) is 0. The quantitative estimate of drug-likeness (QED) is 0.318. The smallest absolute Gasteiger partial charge is 0.220 e. The molecule has 3 aromatic heterocycles. The lowest BCUT2D eigenvalue weighted by atomic mass is 10.1. The van der Waals surface area contributed by atoms with Crippen LogP contribution < -0.4 is 0 Å². The standard InChI is InChI=1S/C30H20N4O/c35-28-19-7-4-12-21(28)23-14-9-15-24(31-23)22-13-8-18-27-29(22)32-30-33(20-10-2-1-3-11-20)25-16-5-6-17-26(25)34(27)30/h1-19,35H. The van der Waals surface area contributed by atoms with Crippen LogP contribution in [-0.4, -0.2) is 24.0 Å². The van der Waals surface area contributed by atoms with Crippen molar-refractivity contribution in [3.63, 3.8) is 0 Å². The van der Waals surface area contributed by atoms with Crippen LogP contribution in [0.2, 0.25) is 0 Å². The van der Waals surface area contributed by atoms with Crippen molar-refractivity contribution in [2.45, 2.75) is 0 Å². The first-order chi connectivity index (χ1) is 17.3. The SMILES string of the molecule is Oc1ccccc1-c1cccc(-c2cccc3c2nc2n(-c4ccccc4)c4ccccc4n32)n1. The molecular formula is C30H20N4O. The van der Waals surface area contributed by atoms with Gasteiger partial charge in [0.05, 0.1) is 27.9 Å². The highest BCUT2D eigenvalue weighted by Crippen LogP contribution is 2.34. The van der Waals surface area contributed by atoms with Crippen molar-refractivity contribution in [2.75, 3.05) is 0 Å². The number of aromatic hydroxyl groups is 1. The Balaban J connectivity index is 1.51. The predicted molar refractivity (Wildman–Crippen MR) is 140 cm³/mol. The van der Waals surface area contributed by atoms with Crippen LogP contribution in [-0.2, 0) is 0 Å². The number of hydrogen-bond acceptors (Lipinski definition) is 3. The van der Waals surface area contributed by atoms with Gasteiger partial charge in [0, 0.05) is 16.8 Å². The van der Waals surface area contributed by atoms with Gasteiger partial charge in [-0.25, -0.2) is 9.97 Å². The molecule has 3 heterocycles. The molecule has 0 aliphatic heterocycles. The van der Waals surface area contributed by atoms with Crippen molar-refractivity contribution < 1.29 is 5.11 Å². The number of phenolic OH excluding ortho intramolecular Hbond substituents is 1. The van der Waals surface area contributed by atoms with E-state index >= 15 is 0 Å². The maximum Gasteiger partial charge on any atom is 0.220 e. The van der Waals surface area contributed by atoms with Crippen LogP contribution in [0.1, 0.15) is 0 Å². The lowest BCUT2D eigenvalue weighted by molar-refractivity contribution is 0.477. The van der Waals surface area contributed by atoms with E-state index in [0.29, 0.717) is 5.56 Å². The number of nitrogens with zero attached hydrogens (tertiary/aromatic N) is 4. The second-order valence-corrected chi connectivity index (χ2v) is 8.51. The number of fused-ring (bicyclic) bond motifs is 5. The van der Waals surface area contributed by atoms with Gasteiger partial charge in [-0.15, -0.1) is 0 Å². The first-order valence-corrected chi connectivity index (χ1v) is 11.5. The molecule has 0 spiro atoms. The third kappa shape index (κ3) is 2.95. The molecule has 7 rings (SSSR count). The van der Waals surface area contributed by atoms with Gasteiger partial charge >= 0.3 is 0 Å². The first-order valence-electron chi connectivity index (χ1n) is 11.5. The summed E-state index contributed by atoms with van der Waals surface area (Å²) in [4.78, 5) is 10.1. The Labute approximate surface area is 201 Å². The maximum atomic E-state index is 10.3. The third-order valence-electron chi connectivity index (χ3n) is 6.45. The Morgan fingerprint density at radius 3 is 1.97 bits per heavy atom. The Morgan fingerprint density at radius 2 is 1.14 bits per heavy atom. The monoisotopic (exact) mass is 452 g/mol. The summed E-state index contributed by atoms with van der Waals surface area (Å²) in [5.74, 6) is 1.07. The highest BCUT2D eigenvalue weighted by molar-refractivity contribution is 5.98. The molecule has 0 aliphatic carbocycles. The molecule has 5 heteroatoms. The molecule has 0 unspecified atom stereocenters. The number of para-hydroxylation sites is 5. The Kier molecular flexibility index (Phi) is 4.23. The molecule has 0 atom stereocenters. The summed E-state index contributed by atoms with van der Waals surface area (Å²) in [7, 11) is 0. The highest BCUT2D eigenvalue weighted by atomic mass is 16.3. The fraction of sp³-hybridized carbons (Fsp3) is 0. The van der Waals surface area contributed by atoms with E-state index in [-0.39, 0.29) is 5.75 Å². The number of imidazole rings is 2. The van der Waals surface area contributed by atoms with E-state index < -0.39 is 0 Å². The molecule has 0 saturated heterocycles. The second-order valence-electron chi connectivity index (χ2n) is 8.51. The van der Waals surface area contributed by atoms with Gasteiger partial charge in [-0.3, -0.25) is 8.97 Å². The zero-order valence-corrected chi connectivity index (χ0v) is 18.7. The molecule has 7 aromatic rings. The minimum atomic E-state index is 0.214. The molecule has 4 aromatic carbocycles. The predicted octanol–water partition coefficient (Wildman–Crippen LogP) is 6.87. The van der Waals surface area contributed by atoms with Crippen LogP contribution >= 0.6 is 0 Å². The molecule has 35 heavy (non-hydrogen) atoms. The van der Waals surface area contributed by atoms with E-state index in [1.54, 1.807) is 6.07 Å². The van der Waals surface area contributed by atoms with Crippen molar-refractivity contribution in [1.29, 1.82) is 0 Å². The molecule has 0 saturated carbocycles. The molecular weight excluding hydrogens is 432 g/mol. The normalized spacial score (nSPS) is 11.5. The molecule has 0 amide bonds. The number of phenols is 1. The summed E-state index contributed by atoms with van der Waals surface area (Å²) in [6, 6.07) is 38.1. The van der Waals surface area contributed by atoms with Crippen molar-refractivity contribution in [2.24, 2.45) is 0 Å². The average Bonchev–Trinajstić information content (AvgIpc) is 3.44. The van der Waals surface area contributed by atoms with E-state index in [2.05, 4.69) is 63.6 Å². The van der Waals surface area contributed by atoms with Gasteiger partial charge in [0.1, 0.15) is 11.3 Å². The molecule has 0 bridgehead atoms. The summed E-state index contributed by atoms with van der Waals surface area (Å²) in [5, 5.41) is 10.3. The highest BCUT2D eigenvalue weighted by Gasteiger charge is 2.19. The zero-order chi connectivity index (χ0) is 23.4. The van der Waals surface area contributed by atoms with Gasteiger partial charge in [0.15, 0.2) is 0 Å². The summed E-state index contributed by atoms with van der Waals surface area (Å²) in [6.07, 6.45) is 0. The van der Waals surface area contributed by atoms with Gasteiger partial charge in [-0.2, -0.15) is 0 Å². The molecule has 0 radical (unpaired) electrons. The van der Waals surface area contributed by atoms with Gasteiger partial charge in [-0.1, -0.05) is 60.7 Å². The fourth-order valence-corrected chi connectivity index (χ4v) is 4.89. The van der Waals surface area contributed by atoms with Gasteiger partial charge in [0.2, 0.25) is 5.78 Å². The summed E-state index contributed by atoms with van der Waals surface area (Å²) < 4.78 is 4.42. The summed E-state index contributed by atoms with van der Waals surface area (Å²) >= 11 is 0. The Morgan fingerprint density at radius 1 is 0.514 bits per heavy atom. The van der Waals surface area contributed by atoms with E-state index in [4.69, 9.17) is 9.97 Å². The maximum absolute atomic E-state index is 10.3. The zero-order valence-electron chi connectivity index (χ0n) is 18.7. The molecule has 0 aliphatic rings. The number of pyridine rings is 1. The molecule has 166 valence electrons. The van der Waals surface area contributed by atoms with Crippen LogP contribution in [0.5, 0.6) is 5.75 Å². The van der Waals surface area contributed by atoms with Crippen LogP contribution in [0.4, 0.5) is 0 Å². The minimum absolute atomic E-state index is 0.214. The lowest BCUT2D eigenvalue weighted by Crippen LogP contribution is -1.94. The number of aromatic nitrogens is 4. The summed E-state index contributed by atoms with van der Waals surface area (Å²) in [5.41, 5.74) is 8.38. The molecule has 0 fully saturated rings. The third-order valence-corrected chi connectivity index (χ3v) is 6.45. The first kappa shape index (κ1) is 19.6. The molecule has 5 nitrogen and oxygen atoms in total. The Bertz CT molecular complexity index is 1860. The topological polar surface area (TPSA) is 55.4 Å². The second kappa shape index (κ2) is 7.57. The van der Waals surface area contributed by atoms with Crippen molar-refractivity contribution in [1.82, 2.24) is 18.9 Å². The van der Waals surface area contributed by atoms with Crippen LogP contribution in [0.3, 0.4) is 0 Å². The number of benzene rings is 4. The van der Waals surface area contributed by atoms with E-state index in [1.807, 2.05) is 54.6 Å². The van der Waals surface area contributed by atoms with Gasteiger partial charge < -0.3 is 5.11 Å². The van der Waals surface area contributed by atoms with Gasteiger partial charge in [-0.05, 0) is 54.6 Å². The van der Waals surface area contributed by atoms with Crippen LogP contribution in [0.15, 0.2) is 115 Å². The lowest BCUT2D eigenvalue weighted by Gasteiger charge is -2.07. The fourth-order valence-electron chi connectivity index (χ4n) is 4.89. The number of rotatable bonds is 3. The van der Waals surface area contributed by atoms with Gasteiger partial charge in [0.25, 0.3) is 0 Å². The minimum Gasteiger partial charge on any atom is -0.507 e. The van der Waals surface area contributed by atoms with Crippen molar-refractivity contribution in [3.8, 4) is 34.0 Å². The van der Waals surface area contributed by atoms with Crippen LogP contribution in [0, 0.1) is 0 Å². The largest absolute Gasteiger partial charge is 0.507 e. The average molecular weight is 453 g/mol. The number of hydrogen-bond donors (Lipinski definition) is 1. The van der Waals surface area contributed by atoms with E-state index in [9.17, 15) is 5.11 Å². The van der Waals surface area contributed by atoms with E-state index in [1.165, 1.54) is 0 Å². The Hall–Kier alpha value is -4.90. The van der Waals surface area contributed by atoms with Crippen molar-refractivity contribution >= 4 is 27.8 Å².